The highest BCUT2D eigenvalue weighted by Gasteiger charge is 2.71. The fourth-order valence-electron chi connectivity index (χ4n) is 6.49. The summed E-state index contributed by atoms with van der Waals surface area (Å²) in [7, 11) is 0. The van der Waals surface area contributed by atoms with Crippen molar-refractivity contribution in [1.29, 1.82) is 0 Å². The van der Waals surface area contributed by atoms with Gasteiger partial charge in [0.1, 0.15) is 6.04 Å². The average molecular weight is 524 g/mol. The molecule has 4 aliphatic heterocycles. The van der Waals surface area contributed by atoms with Gasteiger partial charge in [0.15, 0.2) is 0 Å². The molecular formula is C29H37N3O4S. The summed E-state index contributed by atoms with van der Waals surface area (Å²) in [6.07, 6.45) is 8.66. The molecule has 1 aromatic carbocycles. The molecule has 2 fully saturated rings. The number of carbonyl (C=O) groups excluding carboxylic acids is 3. The summed E-state index contributed by atoms with van der Waals surface area (Å²) in [5.74, 6) is -1.58. The van der Waals surface area contributed by atoms with Crippen LogP contribution in [0.15, 0.2) is 54.6 Å². The van der Waals surface area contributed by atoms with Crippen LogP contribution in [0.1, 0.15) is 39.7 Å². The quantitative estimate of drug-likeness (QED) is 0.601. The van der Waals surface area contributed by atoms with E-state index in [0.29, 0.717) is 26.1 Å². The molecule has 37 heavy (non-hydrogen) atoms. The van der Waals surface area contributed by atoms with Crippen LogP contribution in [0.3, 0.4) is 0 Å². The van der Waals surface area contributed by atoms with Crippen LogP contribution in [0.25, 0.3) is 0 Å². The van der Waals surface area contributed by atoms with Crippen molar-refractivity contribution in [3.8, 4) is 0 Å². The first-order valence-electron chi connectivity index (χ1n) is 13.2. The minimum atomic E-state index is -0.859. The molecule has 4 heterocycles. The van der Waals surface area contributed by atoms with E-state index < -0.39 is 34.2 Å². The van der Waals surface area contributed by atoms with E-state index in [9.17, 15) is 19.5 Å². The molecule has 6 atom stereocenters. The largest absolute Gasteiger partial charge is 0.394 e. The van der Waals surface area contributed by atoms with E-state index in [2.05, 4.69) is 6.08 Å². The second kappa shape index (κ2) is 9.62. The third-order valence-corrected chi connectivity index (χ3v) is 10.0. The Balaban J connectivity index is 1.59. The van der Waals surface area contributed by atoms with Gasteiger partial charge in [-0.15, -0.1) is 11.8 Å². The summed E-state index contributed by atoms with van der Waals surface area (Å²) < 4.78 is -0.859. The van der Waals surface area contributed by atoms with Crippen LogP contribution in [0.5, 0.6) is 0 Å². The lowest BCUT2D eigenvalue weighted by Crippen LogP contribution is -2.59. The first-order chi connectivity index (χ1) is 17.6. The predicted molar refractivity (Wildman–Crippen MR) is 144 cm³/mol. The van der Waals surface area contributed by atoms with Crippen LogP contribution >= 0.6 is 11.8 Å². The monoisotopic (exact) mass is 523 g/mol. The Morgan fingerprint density at radius 2 is 1.78 bits per heavy atom. The summed E-state index contributed by atoms with van der Waals surface area (Å²) in [6.45, 7) is 9.10. The first-order valence-corrected chi connectivity index (χ1v) is 14.1. The molecule has 7 nitrogen and oxygen atoms in total. The molecule has 0 saturated carbocycles. The minimum absolute atomic E-state index is 0.0444. The van der Waals surface area contributed by atoms with Gasteiger partial charge in [-0.1, -0.05) is 61.6 Å². The zero-order chi connectivity index (χ0) is 26.5. The molecule has 2 saturated heterocycles. The number of fused-ring (bicyclic) bond motifs is 2. The van der Waals surface area contributed by atoms with Gasteiger partial charge >= 0.3 is 0 Å². The van der Waals surface area contributed by atoms with E-state index in [0.717, 1.165) is 5.56 Å². The molecule has 3 amide bonds. The van der Waals surface area contributed by atoms with E-state index in [-0.39, 0.29) is 29.6 Å². The third-order valence-electron chi connectivity index (χ3n) is 8.28. The molecule has 0 aliphatic carbocycles. The lowest BCUT2D eigenvalue weighted by Gasteiger charge is -2.42. The highest BCUT2D eigenvalue weighted by Crippen LogP contribution is 2.61. The van der Waals surface area contributed by atoms with Gasteiger partial charge in [0.25, 0.3) is 0 Å². The van der Waals surface area contributed by atoms with Crippen molar-refractivity contribution in [2.45, 2.75) is 68.3 Å². The molecular weight excluding hydrogens is 486 g/mol. The molecule has 0 aromatic heterocycles. The molecule has 1 aromatic rings. The van der Waals surface area contributed by atoms with Crippen LogP contribution in [0.2, 0.25) is 0 Å². The number of hydrogen-bond acceptors (Lipinski definition) is 5. The number of hydrogen-bond donors (Lipinski definition) is 1. The second-order valence-corrected chi connectivity index (χ2v) is 13.0. The highest BCUT2D eigenvalue weighted by molar-refractivity contribution is 8.02. The van der Waals surface area contributed by atoms with Crippen molar-refractivity contribution < 1.29 is 19.5 Å². The maximum atomic E-state index is 14.3. The van der Waals surface area contributed by atoms with Crippen molar-refractivity contribution in [2.75, 3.05) is 19.7 Å². The fraction of sp³-hybridized carbons (Fsp3) is 0.552. The minimum Gasteiger partial charge on any atom is -0.394 e. The molecule has 4 aliphatic rings. The lowest BCUT2D eigenvalue weighted by atomic mass is 9.78. The normalized spacial score (nSPS) is 32.2. The Bertz CT molecular complexity index is 1130. The van der Waals surface area contributed by atoms with Gasteiger partial charge in [-0.2, -0.15) is 0 Å². The molecule has 1 N–H and O–H groups in total. The third kappa shape index (κ3) is 4.13. The zero-order valence-corrected chi connectivity index (χ0v) is 22.9. The maximum absolute atomic E-state index is 14.3. The van der Waals surface area contributed by atoms with Crippen LogP contribution < -0.4 is 0 Å². The number of aliphatic hydroxyl groups excluding tert-OH is 1. The van der Waals surface area contributed by atoms with Gasteiger partial charge in [0.05, 0.1) is 29.2 Å². The smallest absolute Gasteiger partial charge is 0.247 e. The van der Waals surface area contributed by atoms with Crippen LogP contribution in [0.4, 0.5) is 0 Å². The number of aliphatic hydroxyl groups is 1. The van der Waals surface area contributed by atoms with Crippen molar-refractivity contribution >= 4 is 29.5 Å². The second-order valence-electron chi connectivity index (χ2n) is 11.5. The van der Waals surface area contributed by atoms with Gasteiger partial charge in [-0.25, -0.2) is 0 Å². The lowest BCUT2D eigenvalue weighted by molar-refractivity contribution is -0.148. The highest BCUT2D eigenvalue weighted by atomic mass is 32.2. The Kier molecular flexibility index (Phi) is 6.77. The number of rotatable bonds is 5. The summed E-state index contributed by atoms with van der Waals surface area (Å²) in [5, 5.41) is 10.0. The zero-order valence-electron chi connectivity index (χ0n) is 22.0. The predicted octanol–water partition coefficient (Wildman–Crippen LogP) is 2.85. The van der Waals surface area contributed by atoms with Gasteiger partial charge in [0.2, 0.25) is 17.7 Å². The van der Waals surface area contributed by atoms with E-state index in [1.165, 1.54) is 0 Å². The van der Waals surface area contributed by atoms with Crippen LogP contribution in [0, 0.1) is 11.8 Å². The topological polar surface area (TPSA) is 81.2 Å². The number of amides is 3. The molecule has 198 valence electrons. The first kappa shape index (κ1) is 26.0. The Morgan fingerprint density at radius 1 is 1.05 bits per heavy atom. The SMILES string of the molecule is CC[C@@H](CO)N1C(=O)[C@@H]2[C@H]3C(=O)N(Cc4ccccc4)CC=C[C@H]3S[C@@]23C=CCN(C(C)(C)C)C(=O)C13. The number of likely N-dealkylation sites (tertiary alicyclic amines) is 1. The van der Waals surface area contributed by atoms with E-state index in [1.807, 2.05) is 86.1 Å². The van der Waals surface area contributed by atoms with Gasteiger partial charge in [0, 0.05) is 30.4 Å². The molecule has 1 spiro atoms. The van der Waals surface area contributed by atoms with Crippen LogP contribution in [-0.2, 0) is 20.9 Å². The summed E-state index contributed by atoms with van der Waals surface area (Å²) in [4.78, 5) is 48.0. The molecule has 1 unspecified atom stereocenters. The summed E-state index contributed by atoms with van der Waals surface area (Å²) in [6, 6.07) is 8.64. The van der Waals surface area contributed by atoms with E-state index in [4.69, 9.17) is 0 Å². The number of benzene rings is 1. The number of carbonyl (C=O) groups is 3. The Labute approximate surface area is 223 Å². The molecule has 5 rings (SSSR count). The van der Waals surface area contributed by atoms with E-state index >= 15 is 0 Å². The van der Waals surface area contributed by atoms with Gasteiger partial charge in [-0.05, 0) is 32.8 Å². The van der Waals surface area contributed by atoms with Crippen molar-refractivity contribution in [1.82, 2.24) is 14.7 Å². The Morgan fingerprint density at radius 3 is 2.43 bits per heavy atom. The van der Waals surface area contributed by atoms with Gasteiger partial charge < -0.3 is 19.8 Å². The Hall–Kier alpha value is -2.58. The van der Waals surface area contributed by atoms with E-state index in [1.54, 1.807) is 16.7 Å². The maximum Gasteiger partial charge on any atom is 0.247 e. The van der Waals surface area contributed by atoms with Crippen LogP contribution in [-0.4, -0.2) is 84.8 Å². The molecule has 0 bridgehead atoms. The summed E-state index contributed by atoms with van der Waals surface area (Å²) in [5.41, 5.74) is 0.605. The van der Waals surface area contributed by atoms with Crippen molar-refractivity contribution in [3.63, 3.8) is 0 Å². The average Bonchev–Trinajstić information content (AvgIpc) is 3.18. The number of nitrogens with zero attached hydrogens (tertiary/aromatic N) is 3. The number of thioether (sulfide) groups is 1. The van der Waals surface area contributed by atoms with Crippen molar-refractivity contribution in [3.05, 3.63) is 60.2 Å². The summed E-state index contributed by atoms with van der Waals surface area (Å²) >= 11 is 1.58. The van der Waals surface area contributed by atoms with Gasteiger partial charge in [-0.3, -0.25) is 14.4 Å². The standard InChI is InChI=1S/C29H37N3O4S/c1-5-20(18-33)32-24-27(36)31(28(2,3)4)16-10-14-29(24)23(26(32)35)22-21(37-29)13-9-15-30(25(22)34)17-19-11-7-6-8-12-19/h6-14,20-24,33H,5,15-18H2,1-4H3/t20-,21+,22-,23-,24?,29-/m0/s1. The fourth-order valence-corrected chi connectivity index (χ4v) is 8.48. The molecule has 0 radical (unpaired) electrons. The molecule has 8 heteroatoms. The van der Waals surface area contributed by atoms with Crippen molar-refractivity contribution in [2.24, 2.45) is 11.8 Å².